The van der Waals surface area contributed by atoms with Gasteiger partial charge in [-0.25, -0.2) is 5.43 Å². The number of hydrazone groups is 1. The number of para-hydroxylation sites is 1. The first kappa shape index (κ1) is 13.3. The second-order valence-electron chi connectivity index (χ2n) is 3.82. The van der Waals surface area contributed by atoms with E-state index in [2.05, 4.69) is 10.5 Å². The molecule has 0 saturated carbocycles. The highest BCUT2D eigenvalue weighted by molar-refractivity contribution is 7.11. The number of carbonyl (C=O) groups excluding carboxylic acids is 1. The fourth-order valence-corrected chi connectivity index (χ4v) is 1.96. The molecule has 1 unspecified atom stereocenters. The molecule has 1 N–H and O–H groups in total. The van der Waals surface area contributed by atoms with Crippen LogP contribution in [0.3, 0.4) is 0 Å². The lowest BCUT2D eigenvalue weighted by Gasteiger charge is -2.12. The van der Waals surface area contributed by atoms with Crippen LogP contribution >= 0.6 is 11.3 Å². The molecule has 19 heavy (non-hydrogen) atoms. The van der Waals surface area contributed by atoms with Crippen molar-refractivity contribution in [3.05, 3.63) is 52.7 Å². The Morgan fingerprint density at radius 3 is 2.79 bits per heavy atom. The van der Waals surface area contributed by atoms with Crippen molar-refractivity contribution < 1.29 is 9.53 Å². The minimum atomic E-state index is -0.595. The topological polar surface area (TPSA) is 50.7 Å². The van der Waals surface area contributed by atoms with Crippen molar-refractivity contribution in [1.29, 1.82) is 0 Å². The molecule has 0 spiro atoms. The zero-order chi connectivity index (χ0) is 13.5. The smallest absolute Gasteiger partial charge is 0.280 e. The highest BCUT2D eigenvalue weighted by atomic mass is 32.1. The van der Waals surface area contributed by atoms with Crippen LogP contribution in [0, 0.1) is 0 Å². The predicted octanol–water partition coefficient (Wildman–Crippen LogP) is 2.67. The van der Waals surface area contributed by atoms with E-state index in [9.17, 15) is 4.79 Å². The maximum Gasteiger partial charge on any atom is 0.280 e. The van der Waals surface area contributed by atoms with Crippen LogP contribution in [-0.4, -0.2) is 18.2 Å². The highest BCUT2D eigenvalue weighted by Crippen LogP contribution is 2.10. The monoisotopic (exact) mass is 274 g/mol. The van der Waals surface area contributed by atoms with Crippen LogP contribution in [-0.2, 0) is 4.79 Å². The number of rotatable bonds is 5. The van der Waals surface area contributed by atoms with Crippen LogP contribution in [0.15, 0.2) is 52.9 Å². The van der Waals surface area contributed by atoms with E-state index in [1.807, 2.05) is 35.7 Å². The predicted molar refractivity (Wildman–Crippen MR) is 76.6 cm³/mol. The molecule has 1 aromatic carbocycles. The normalized spacial score (nSPS) is 12.3. The Balaban J connectivity index is 1.83. The van der Waals surface area contributed by atoms with Gasteiger partial charge in [0.1, 0.15) is 5.75 Å². The van der Waals surface area contributed by atoms with Crippen molar-refractivity contribution in [2.24, 2.45) is 5.10 Å². The van der Waals surface area contributed by atoms with Gasteiger partial charge in [0.05, 0.1) is 6.21 Å². The van der Waals surface area contributed by atoms with Crippen LogP contribution in [0.2, 0.25) is 0 Å². The Kier molecular flexibility index (Phi) is 4.69. The third-order valence-corrected chi connectivity index (χ3v) is 3.14. The quantitative estimate of drug-likeness (QED) is 0.673. The Morgan fingerprint density at radius 2 is 2.11 bits per heavy atom. The lowest BCUT2D eigenvalue weighted by atomic mass is 10.3. The number of hydrogen-bond donors (Lipinski definition) is 1. The van der Waals surface area contributed by atoms with Crippen LogP contribution in [0.5, 0.6) is 5.75 Å². The van der Waals surface area contributed by atoms with Gasteiger partial charge in [-0.3, -0.25) is 4.79 Å². The Bertz CT molecular complexity index is 538. The van der Waals surface area contributed by atoms with E-state index >= 15 is 0 Å². The maximum atomic E-state index is 11.7. The summed E-state index contributed by atoms with van der Waals surface area (Å²) in [5.41, 5.74) is 2.45. The summed E-state index contributed by atoms with van der Waals surface area (Å²) >= 11 is 1.55. The minimum Gasteiger partial charge on any atom is -0.481 e. The fourth-order valence-electron chi connectivity index (χ4n) is 1.37. The second-order valence-corrected chi connectivity index (χ2v) is 4.80. The van der Waals surface area contributed by atoms with Gasteiger partial charge in [-0.2, -0.15) is 5.10 Å². The molecule has 1 atom stereocenters. The van der Waals surface area contributed by atoms with Gasteiger partial charge in [-0.05, 0) is 30.5 Å². The molecule has 98 valence electrons. The molecule has 0 aliphatic heterocycles. The van der Waals surface area contributed by atoms with Crippen molar-refractivity contribution in [1.82, 2.24) is 5.43 Å². The first-order valence-electron chi connectivity index (χ1n) is 5.84. The average Bonchev–Trinajstić information content (AvgIpc) is 2.93. The fraction of sp³-hybridized carbons (Fsp3) is 0.143. The van der Waals surface area contributed by atoms with E-state index in [-0.39, 0.29) is 5.91 Å². The van der Waals surface area contributed by atoms with E-state index in [0.29, 0.717) is 5.75 Å². The molecule has 0 aliphatic rings. The van der Waals surface area contributed by atoms with Crippen LogP contribution < -0.4 is 10.2 Å². The van der Waals surface area contributed by atoms with Gasteiger partial charge < -0.3 is 4.74 Å². The number of nitrogens with one attached hydrogen (secondary N) is 1. The third-order valence-electron chi connectivity index (χ3n) is 2.34. The van der Waals surface area contributed by atoms with Gasteiger partial charge in [-0.1, -0.05) is 24.3 Å². The third kappa shape index (κ3) is 4.22. The van der Waals surface area contributed by atoms with Crippen molar-refractivity contribution in [3.8, 4) is 5.75 Å². The number of hydrogen-bond acceptors (Lipinski definition) is 4. The molecular weight excluding hydrogens is 260 g/mol. The van der Waals surface area contributed by atoms with E-state index in [1.54, 1.807) is 36.6 Å². The lowest BCUT2D eigenvalue weighted by Crippen LogP contribution is -2.33. The Morgan fingerprint density at radius 1 is 1.32 bits per heavy atom. The van der Waals surface area contributed by atoms with Crippen LogP contribution in [0.4, 0.5) is 0 Å². The molecule has 5 heteroatoms. The van der Waals surface area contributed by atoms with Gasteiger partial charge in [0.2, 0.25) is 0 Å². The van der Waals surface area contributed by atoms with Gasteiger partial charge in [0.25, 0.3) is 5.91 Å². The average molecular weight is 274 g/mol. The van der Waals surface area contributed by atoms with Crippen molar-refractivity contribution in [2.75, 3.05) is 0 Å². The van der Waals surface area contributed by atoms with Crippen molar-refractivity contribution in [3.63, 3.8) is 0 Å². The molecule has 0 bridgehead atoms. The molecule has 0 radical (unpaired) electrons. The zero-order valence-electron chi connectivity index (χ0n) is 10.4. The second kappa shape index (κ2) is 6.70. The molecule has 0 fully saturated rings. The summed E-state index contributed by atoms with van der Waals surface area (Å²) in [6, 6.07) is 13.1. The molecule has 1 amide bonds. The molecule has 2 aromatic rings. The number of nitrogens with zero attached hydrogens (tertiary/aromatic N) is 1. The number of thiophene rings is 1. The molecule has 4 nitrogen and oxygen atoms in total. The maximum absolute atomic E-state index is 11.7. The molecule has 0 saturated heterocycles. The zero-order valence-corrected chi connectivity index (χ0v) is 11.3. The molecule has 0 aliphatic carbocycles. The van der Waals surface area contributed by atoms with Crippen LogP contribution in [0.1, 0.15) is 11.8 Å². The highest BCUT2D eigenvalue weighted by Gasteiger charge is 2.13. The molecule has 2 rings (SSSR count). The summed E-state index contributed by atoms with van der Waals surface area (Å²) in [4.78, 5) is 12.7. The lowest BCUT2D eigenvalue weighted by molar-refractivity contribution is -0.127. The van der Waals surface area contributed by atoms with Gasteiger partial charge in [0, 0.05) is 4.88 Å². The van der Waals surface area contributed by atoms with Crippen LogP contribution in [0.25, 0.3) is 0 Å². The summed E-state index contributed by atoms with van der Waals surface area (Å²) in [6.45, 7) is 1.68. The van der Waals surface area contributed by atoms with E-state index < -0.39 is 6.10 Å². The summed E-state index contributed by atoms with van der Waals surface area (Å²) < 4.78 is 5.48. The number of carbonyl (C=O) groups is 1. The number of amides is 1. The van der Waals surface area contributed by atoms with Gasteiger partial charge in [-0.15, -0.1) is 11.3 Å². The Hall–Kier alpha value is -2.14. The minimum absolute atomic E-state index is 0.281. The largest absolute Gasteiger partial charge is 0.481 e. The van der Waals surface area contributed by atoms with E-state index in [0.717, 1.165) is 4.88 Å². The van der Waals surface area contributed by atoms with Gasteiger partial charge in [0.15, 0.2) is 6.10 Å². The summed E-state index contributed by atoms with van der Waals surface area (Å²) in [5.74, 6) is 0.379. The van der Waals surface area contributed by atoms with E-state index in [4.69, 9.17) is 4.74 Å². The summed E-state index contributed by atoms with van der Waals surface area (Å²) in [7, 11) is 0. The number of benzene rings is 1. The van der Waals surface area contributed by atoms with E-state index in [1.165, 1.54) is 0 Å². The first-order chi connectivity index (χ1) is 9.25. The summed E-state index contributed by atoms with van der Waals surface area (Å²) in [5, 5.41) is 5.83. The van der Waals surface area contributed by atoms with Crippen molar-refractivity contribution >= 4 is 23.5 Å². The van der Waals surface area contributed by atoms with Crippen molar-refractivity contribution in [2.45, 2.75) is 13.0 Å². The molecule has 1 aromatic heterocycles. The molecule has 1 heterocycles. The Labute approximate surface area is 115 Å². The SMILES string of the molecule is CC(Oc1ccccc1)C(=O)NN=Cc1cccs1. The first-order valence-corrected chi connectivity index (χ1v) is 6.72. The standard InChI is InChI=1S/C14H14N2O2S/c1-11(18-12-6-3-2-4-7-12)14(17)16-15-10-13-8-5-9-19-13/h2-11H,1H3,(H,16,17). The van der Waals surface area contributed by atoms with Gasteiger partial charge >= 0.3 is 0 Å². The number of ether oxygens (including phenoxy) is 1. The summed E-state index contributed by atoms with van der Waals surface area (Å²) in [6.07, 6.45) is 1.01. The molecular formula is C14H14N2O2S.